The second-order valence-electron chi connectivity index (χ2n) is 4.88. The second-order valence-corrected chi connectivity index (χ2v) is 4.88. The molecule has 0 radical (unpaired) electrons. The first-order valence-electron chi connectivity index (χ1n) is 6.43. The summed E-state index contributed by atoms with van der Waals surface area (Å²) in [5, 5.41) is 4.03. The Kier molecular flexibility index (Phi) is 4.22. The number of hydrogen-bond acceptors (Lipinski definition) is 3. The van der Waals surface area contributed by atoms with Gasteiger partial charge in [-0.3, -0.25) is 4.68 Å². The Hall–Kier alpha value is -2.02. The van der Waals surface area contributed by atoms with Crippen LogP contribution in [0, 0.1) is 0 Å². The van der Waals surface area contributed by atoms with Crippen molar-refractivity contribution in [3.05, 3.63) is 41.7 Å². The number of alkyl halides is 3. The first kappa shape index (κ1) is 15.4. The van der Waals surface area contributed by atoms with Crippen molar-refractivity contribution in [3.63, 3.8) is 0 Å². The minimum atomic E-state index is -4.51. The van der Waals surface area contributed by atoms with Crippen LogP contribution in [0.2, 0.25) is 0 Å². The van der Waals surface area contributed by atoms with Crippen LogP contribution in [0.15, 0.2) is 30.6 Å². The largest absolute Gasteiger partial charge is 0.453 e. The van der Waals surface area contributed by atoms with E-state index in [-0.39, 0.29) is 24.1 Å². The summed E-state index contributed by atoms with van der Waals surface area (Å²) in [5.74, 6) is -0.00213. The molecule has 0 unspecified atom stereocenters. The number of halogens is 3. The van der Waals surface area contributed by atoms with Crippen LogP contribution in [0.3, 0.4) is 0 Å². The molecule has 0 spiro atoms. The molecule has 0 atom stereocenters. The van der Waals surface area contributed by atoms with Crippen molar-refractivity contribution in [1.82, 2.24) is 9.78 Å². The fourth-order valence-electron chi connectivity index (χ4n) is 1.80. The van der Waals surface area contributed by atoms with E-state index in [4.69, 9.17) is 10.5 Å². The third-order valence-electron chi connectivity index (χ3n) is 2.92. The zero-order valence-corrected chi connectivity index (χ0v) is 11.7. The molecule has 0 fully saturated rings. The maximum absolute atomic E-state index is 13.1. The smallest absolute Gasteiger partial charge is 0.419 e. The van der Waals surface area contributed by atoms with Crippen molar-refractivity contribution in [2.45, 2.75) is 32.6 Å². The highest BCUT2D eigenvalue weighted by Crippen LogP contribution is 2.38. The number of hydrogen-bond donors (Lipinski definition) is 1. The van der Waals surface area contributed by atoms with Gasteiger partial charge < -0.3 is 10.5 Å². The van der Waals surface area contributed by atoms with E-state index in [1.165, 1.54) is 18.3 Å². The molecule has 0 aliphatic rings. The number of nitrogens with two attached hydrogens (primary N) is 1. The number of benzene rings is 1. The third-order valence-corrected chi connectivity index (χ3v) is 2.92. The topological polar surface area (TPSA) is 53.1 Å². The van der Waals surface area contributed by atoms with E-state index in [1.807, 2.05) is 13.8 Å². The Balaban J connectivity index is 2.34. The molecule has 2 aromatic rings. The van der Waals surface area contributed by atoms with Crippen molar-refractivity contribution < 1.29 is 17.9 Å². The zero-order valence-electron chi connectivity index (χ0n) is 11.7. The van der Waals surface area contributed by atoms with Crippen LogP contribution in [0.4, 0.5) is 13.2 Å². The van der Waals surface area contributed by atoms with E-state index in [1.54, 1.807) is 10.9 Å². The minimum Gasteiger partial charge on any atom is -0.453 e. The summed E-state index contributed by atoms with van der Waals surface area (Å²) >= 11 is 0. The molecule has 4 nitrogen and oxygen atoms in total. The monoisotopic (exact) mass is 299 g/mol. The van der Waals surface area contributed by atoms with Gasteiger partial charge in [0.05, 0.1) is 18.0 Å². The van der Waals surface area contributed by atoms with Crippen LogP contribution in [0.1, 0.15) is 31.0 Å². The Bertz CT molecular complexity index is 620. The van der Waals surface area contributed by atoms with E-state index in [0.717, 1.165) is 6.07 Å². The molecular weight excluding hydrogens is 283 g/mol. The van der Waals surface area contributed by atoms with Gasteiger partial charge >= 0.3 is 6.18 Å². The van der Waals surface area contributed by atoms with Gasteiger partial charge in [-0.1, -0.05) is 6.07 Å². The summed E-state index contributed by atoms with van der Waals surface area (Å²) in [4.78, 5) is 0. The van der Waals surface area contributed by atoms with Crippen LogP contribution < -0.4 is 10.5 Å². The van der Waals surface area contributed by atoms with Gasteiger partial charge in [-0.05, 0) is 31.5 Å². The summed E-state index contributed by atoms with van der Waals surface area (Å²) in [6, 6.07) is 3.89. The predicted octanol–water partition coefficient (Wildman–Crippen LogP) is 3.73. The van der Waals surface area contributed by atoms with E-state index in [0.29, 0.717) is 5.56 Å². The Labute approximate surface area is 120 Å². The lowest BCUT2D eigenvalue weighted by molar-refractivity contribution is -0.138. The van der Waals surface area contributed by atoms with Gasteiger partial charge in [0.1, 0.15) is 5.75 Å². The molecule has 0 amide bonds. The third kappa shape index (κ3) is 3.55. The van der Waals surface area contributed by atoms with E-state index in [9.17, 15) is 13.2 Å². The molecule has 2 N–H and O–H groups in total. The molecule has 21 heavy (non-hydrogen) atoms. The number of ether oxygens (including phenoxy) is 1. The molecule has 114 valence electrons. The zero-order chi connectivity index (χ0) is 15.6. The van der Waals surface area contributed by atoms with Crippen molar-refractivity contribution in [3.8, 4) is 11.5 Å². The maximum atomic E-state index is 13.1. The molecule has 0 aliphatic heterocycles. The average molecular weight is 299 g/mol. The summed E-state index contributed by atoms with van der Waals surface area (Å²) in [6.45, 7) is 3.86. The minimum absolute atomic E-state index is 0.0364. The predicted molar refractivity (Wildman–Crippen MR) is 72.0 cm³/mol. The summed E-state index contributed by atoms with van der Waals surface area (Å²) in [6.07, 6.45) is -1.56. The number of rotatable bonds is 4. The highest BCUT2D eigenvalue weighted by molar-refractivity contribution is 5.41. The van der Waals surface area contributed by atoms with Crippen LogP contribution in [0.25, 0.3) is 0 Å². The molecule has 1 aromatic heterocycles. The molecule has 0 aliphatic carbocycles. The second kappa shape index (κ2) is 5.77. The standard InChI is InChI=1S/C14H16F3N3O/c1-9(2)20-8-11(7-19-20)21-13-4-3-10(6-18)5-12(13)14(15,16)17/h3-5,7-9H,6,18H2,1-2H3. The summed E-state index contributed by atoms with van der Waals surface area (Å²) in [7, 11) is 0. The first-order chi connectivity index (χ1) is 9.81. The molecule has 7 heteroatoms. The lowest BCUT2D eigenvalue weighted by Crippen LogP contribution is -2.09. The van der Waals surface area contributed by atoms with E-state index in [2.05, 4.69) is 5.10 Å². The number of nitrogens with zero attached hydrogens (tertiary/aromatic N) is 2. The van der Waals surface area contributed by atoms with Gasteiger partial charge in [-0.25, -0.2) is 0 Å². The Morgan fingerprint density at radius 1 is 1.33 bits per heavy atom. The van der Waals surface area contributed by atoms with E-state index < -0.39 is 11.7 Å². The van der Waals surface area contributed by atoms with Gasteiger partial charge in [-0.2, -0.15) is 18.3 Å². The van der Waals surface area contributed by atoms with Crippen molar-refractivity contribution in [2.24, 2.45) is 5.73 Å². The highest BCUT2D eigenvalue weighted by Gasteiger charge is 2.34. The first-order valence-corrected chi connectivity index (χ1v) is 6.43. The Morgan fingerprint density at radius 3 is 2.57 bits per heavy atom. The van der Waals surface area contributed by atoms with Gasteiger partial charge in [0.25, 0.3) is 0 Å². The summed E-state index contributed by atoms with van der Waals surface area (Å²) < 4.78 is 46.1. The maximum Gasteiger partial charge on any atom is 0.419 e. The molecule has 2 rings (SSSR count). The van der Waals surface area contributed by atoms with Gasteiger partial charge in [0.15, 0.2) is 5.75 Å². The Morgan fingerprint density at radius 2 is 2.05 bits per heavy atom. The van der Waals surface area contributed by atoms with Crippen LogP contribution in [-0.2, 0) is 12.7 Å². The lowest BCUT2D eigenvalue weighted by Gasteiger charge is -2.14. The average Bonchev–Trinajstić information content (AvgIpc) is 2.86. The molecular formula is C14H16F3N3O. The highest BCUT2D eigenvalue weighted by atomic mass is 19.4. The lowest BCUT2D eigenvalue weighted by atomic mass is 10.1. The van der Waals surface area contributed by atoms with Crippen molar-refractivity contribution in [1.29, 1.82) is 0 Å². The summed E-state index contributed by atoms with van der Waals surface area (Å²) in [5.41, 5.74) is 4.93. The van der Waals surface area contributed by atoms with E-state index >= 15 is 0 Å². The van der Waals surface area contributed by atoms with Gasteiger partial charge in [0.2, 0.25) is 0 Å². The van der Waals surface area contributed by atoms with Crippen molar-refractivity contribution >= 4 is 0 Å². The normalized spacial score (nSPS) is 12.0. The fraction of sp³-hybridized carbons (Fsp3) is 0.357. The van der Waals surface area contributed by atoms with Gasteiger partial charge in [0, 0.05) is 12.6 Å². The SMILES string of the molecule is CC(C)n1cc(Oc2ccc(CN)cc2C(F)(F)F)cn1. The van der Waals surface area contributed by atoms with Crippen molar-refractivity contribution in [2.75, 3.05) is 0 Å². The number of aromatic nitrogens is 2. The van der Waals surface area contributed by atoms with Crippen LogP contribution in [-0.4, -0.2) is 9.78 Å². The van der Waals surface area contributed by atoms with Crippen LogP contribution >= 0.6 is 0 Å². The fourth-order valence-corrected chi connectivity index (χ4v) is 1.80. The molecule has 0 bridgehead atoms. The van der Waals surface area contributed by atoms with Crippen LogP contribution in [0.5, 0.6) is 11.5 Å². The molecule has 0 saturated heterocycles. The quantitative estimate of drug-likeness (QED) is 0.935. The van der Waals surface area contributed by atoms with Gasteiger partial charge in [-0.15, -0.1) is 0 Å². The molecule has 1 heterocycles. The molecule has 1 aromatic carbocycles. The molecule has 0 saturated carbocycles.